The highest BCUT2D eigenvalue weighted by Crippen LogP contribution is 2.36. The van der Waals surface area contributed by atoms with Gasteiger partial charge in [-0.05, 0) is 18.2 Å². The SMILES string of the molecule is COc1cc(C=NNc2nc(-c3ccc(Br)cc3)cs2)cc([N+](=O)[O-])c1O. The number of nitro benzene ring substituents is 1. The Balaban J connectivity index is 1.75. The zero-order valence-electron chi connectivity index (χ0n) is 13.9. The number of benzene rings is 2. The Bertz CT molecular complexity index is 1000. The van der Waals surface area contributed by atoms with Gasteiger partial charge >= 0.3 is 5.69 Å². The normalized spacial score (nSPS) is 10.9. The molecule has 0 aliphatic rings. The van der Waals surface area contributed by atoms with Crippen molar-refractivity contribution in [2.24, 2.45) is 5.10 Å². The Morgan fingerprint density at radius 3 is 2.78 bits per heavy atom. The van der Waals surface area contributed by atoms with Crippen LogP contribution in [0.3, 0.4) is 0 Å². The Labute approximate surface area is 166 Å². The number of phenols is 1. The van der Waals surface area contributed by atoms with Gasteiger partial charge in [-0.2, -0.15) is 5.10 Å². The highest BCUT2D eigenvalue weighted by molar-refractivity contribution is 9.10. The van der Waals surface area contributed by atoms with Crippen LogP contribution in [0.2, 0.25) is 0 Å². The van der Waals surface area contributed by atoms with Crippen LogP contribution in [0.15, 0.2) is 51.4 Å². The molecule has 3 rings (SSSR count). The maximum absolute atomic E-state index is 11.0. The molecule has 0 aliphatic heterocycles. The van der Waals surface area contributed by atoms with Crippen LogP contribution in [0.25, 0.3) is 11.3 Å². The third kappa shape index (κ3) is 4.41. The van der Waals surface area contributed by atoms with Crippen LogP contribution in [-0.4, -0.2) is 28.3 Å². The first-order chi connectivity index (χ1) is 13.0. The van der Waals surface area contributed by atoms with Gasteiger partial charge in [0, 0.05) is 27.0 Å². The Morgan fingerprint density at radius 1 is 1.37 bits per heavy atom. The summed E-state index contributed by atoms with van der Waals surface area (Å²) in [6, 6.07) is 10.4. The molecule has 27 heavy (non-hydrogen) atoms. The van der Waals surface area contributed by atoms with E-state index in [2.05, 4.69) is 31.4 Å². The largest absolute Gasteiger partial charge is 0.500 e. The molecule has 0 saturated heterocycles. The van der Waals surface area contributed by atoms with E-state index in [0.717, 1.165) is 15.7 Å². The third-order valence-electron chi connectivity index (χ3n) is 3.51. The summed E-state index contributed by atoms with van der Waals surface area (Å²) < 4.78 is 5.94. The first kappa shape index (κ1) is 18.8. The Kier molecular flexibility index (Phi) is 5.67. The van der Waals surface area contributed by atoms with Crippen molar-refractivity contribution in [1.82, 2.24) is 4.98 Å². The molecule has 2 N–H and O–H groups in total. The predicted octanol–water partition coefficient (Wildman–Crippen LogP) is 4.64. The van der Waals surface area contributed by atoms with E-state index in [0.29, 0.717) is 10.7 Å². The van der Waals surface area contributed by atoms with E-state index < -0.39 is 16.4 Å². The lowest BCUT2D eigenvalue weighted by Crippen LogP contribution is -1.96. The molecule has 1 aromatic heterocycles. The third-order valence-corrected chi connectivity index (χ3v) is 4.79. The van der Waals surface area contributed by atoms with Gasteiger partial charge in [0.2, 0.25) is 10.9 Å². The van der Waals surface area contributed by atoms with Crippen molar-refractivity contribution in [3.8, 4) is 22.8 Å². The number of hydrogen-bond donors (Lipinski definition) is 2. The quantitative estimate of drug-likeness (QED) is 0.322. The second kappa shape index (κ2) is 8.14. The standard InChI is InChI=1S/C17H13BrN4O4S/c1-26-15-7-10(6-14(16(15)23)22(24)25)8-19-21-17-20-13(9-27-17)11-2-4-12(18)5-3-11/h2-9,23H,1H3,(H,20,21). The number of ether oxygens (including phenoxy) is 1. The first-order valence-corrected chi connectivity index (χ1v) is 9.21. The topological polar surface area (TPSA) is 110 Å². The van der Waals surface area contributed by atoms with E-state index in [-0.39, 0.29) is 5.75 Å². The zero-order chi connectivity index (χ0) is 19.4. The fraction of sp³-hybridized carbons (Fsp3) is 0.0588. The number of nitrogens with zero attached hydrogens (tertiary/aromatic N) is 3. The van der Waals surface area contributed by atoms with Gasteiger partial charge < -0.3 is 9.84 Å². The second-order valence-corrected chi connectivity index (χ2v) is 7.04. The Morgan fingerprint density at radius 2 is 2.11 bits per heavy atom. The molecule has 0 fully saturated rings. The minimum atomic E-state index is -0.687. The van der Waals surface area contributed by atoms with Crippen LogP contribution in [-0.2, 0) is 0 Å². The Hall–Kier alpha value is -2.98. The molecule has 10 heteroatoms. The van der Waals surface area contributed by atoms with Crippen LogP contribution in [0.1, 0.15) is 5.56 Å². The van der Waals surface area contributed by atoms with Crippen LogP contribution in [0, 0.1) is 10.1 Å². The van der Waals surface area contributed by atoms with Crippen molar-refractivity contribution < 1.29 is 14.8 Å². The molecule has 138 valence electrons. The summed E-state index contributed by atoms with van der Waals surface area (Å²) in [4.78, 5) is 14.8. The number of nitrogens with one attached hydrogen (secondary N) is 1. The van der Waals surface area contributed by atoms with E-state index in [9.17, 15) is 15.2 Å². The highest BCUT2D eigenvalue weighted by Gasteiger charge is 2.19. The summed E-state index contributed by atoms with van der Waals surface area (Å²) in [5.74, 6) is -0.524. The average molecular weight is 449 g/mol. The summed E-state index contributed by atoms with van der Waals surface area (Å²) in [6.45, 7) is 0. The van der Waals surface area contributed by atoms with Gasteiger partial charge in [-0.1, -0.05) is 28.1 Å². The van der Waals surface area contributed by atoms with Crippen LogP contribution >= 0.6 is 27.3 Å². The van der Waals surface area contributed by atoms with Crippen LogP contribution < -0.4 is 10.2 Å². The molecular formula is C17H13BrN4O4S. The molecule has 0 bridgehead atoms. The minimum absolute atomic E-state index is 0.00239. The predicted molar refractivity (Wildman–Crippen MR) is 108 cm³/mol. The number of hydrazone groups is 1. The molecule has 0 saturated carbocycles. The number of hydrogen-bond acceptors (Lipinski definition) is 8. The molecule has 0 radical (unpaired) electrons. The van der Waals surface area contributed by atoms with Crippen LogP contribution in [0.4, 0.5) is 10.8 Å². The van der Waals surface area contributed by atoms with Crippen molar-refractivity contribution in [3.63, 3.8) is 0 Å². The van der Waals surface area contributed by atoms with Gasteiger partial charge in [0.15, 0.2) is 5.75 Å². The van der Waals surface area contributed by atoms with Crippen molar-refractivity contribution in [2.75, 3.05) is 12.5 Å². The summed E-state index contributed by atoms with van der Waals surface area (Å²) in [6.07, 6.45) is 1.38. The highest BCUT2D eigenvalue weighted by atomic mass is 79.9. The number of rotatable bonds is 6. The second-order valence-electron chi connectivity index (χ2n) is 5.26. The lowest BCUT2D eigenvalue weighted by atomic mass is 10.2. The van der Waals surface area contributed by atoms with Gasteiger partial charge in [0.05, 0.1) is 23.9 Å². The average Bonchev–Trinajstić information content (AvgIpc) is 3.12. The zero-order valence-corrected chi connectivity index (χ0v) is 16.3. The minimum Gasteiger partial charge on any atom is -0.500 e. The van der Waals surface area contributed by atoms with E-state index >= 15 is 0 Å². The van der Waals surface area contributed by atoms with Crippen molar-refractivity contribution in [1.29, 1.82) is 0 Å². The van der Waals surface area contributed by atoms with Crippen LogP contribution in [0.5, 0.6) is 11.5 Å². The summed E-state index contributed by atoms with van der Waals surface area (Å²) >= 11 is 4.77. The van der Waals surface area contributed by atoms with Gasteiger partial charge in [-0.15, -0.1) is 11.3 Å². The lowest BCUT2D eigenvalue weighted by molar-refractivity contribution is -0.386. The molecule has 0 spiro atoms. The molecule has 0 unspecified atom stereocenters. The molecule has 0 amide bonds. The maximum atomic E-state index is 11.0. The number of thiazole rings is 1. The maximum Gasteiger partial charge on any atom is 0.315 e. The van der Waals surface area contributed by atoms with E-state index in [1.54, 1.807) is 0 Å². The van der Waals surface area contributed by atoms with E-state index in [1.165, 1.54) is 36.8 Å². The number of aromatic hydroxyl groups is 1. The molecule has 1 heterocycles. The van der Waals surface area contributed by atoms with Crippen molar-refractivity contribution >= 4 is 44.3 Å². The molecule has 3 aromatic rings. The lowest BCUT2D eigenvalue weighted by Gasteiger charge is -2.04. The number of aromatic nitrogens is 1. The van der Waals surface area contributed by atoms with Gasteiger partial charge in [-0.25, -0.2) is 4.98 Å². The van der Waals surface area contributed by atoms with Gasteiger partial charge in [-0.3, -0.25) is 15.5 Å². The van der Waals surface area contributed by atoms with E-state index in [1.807, 2.05) is 29.6 Å². The van der Waals surface area contributed by atoms with Crippen molar-refractivity contribution in [3.05, 3.63) is 61.9 Å². The number of halogens is 1. The molecule has 0 aliphatic carbocycles. The van der Waals surface area contributed by atoms with Gasteiger partial charge in [0.1, 0.15) is 0 Å². The number of phenolic OH excluding ortho intramolecular Hbond substituents is 1. The van der Waals surface area contributed by atoms with E-state index in [4.69, 9.17) is 4.74 Å². The monoisotopic (exact) mass is 448 g/mol. The molecule has 8 nitrogen and oxygen atoms in total. The number of anilines is 1. The summed E-state index contributed by atoms with van der Waals surface area (Å²) in [5.41, 5.74) is 4.52. The molecule has 2 aromatic carbocycles. The van der Waals surface area contributed by atoms with Crippen molar-refractivity contribution in [2.45, 2.75) is 0 Å². The van der Waals surface area contributed by atoms with Gasteiger partial charge in [0.25, 0.3) is 0 Å². The first-order valence-electron chi connectivity index (χ1n) is 7.54. The number of nitro groups is 1. The molecular weight excluding hydrogens is 436 g/mol. The summed E-state index contributed by atoms with van der Waals surface area (Å²) in [5, 5.41) is 27.3. The fourth-order valence-corrected chi connectivity index (χ4v) is 3.16. The smallest absolute Gasteiger partial charge is 0.315 e. The summed E-state index contributed by atoms with van der Waals surface area (Å²) in [7, 11) is 1.32. The fourth-order valence-electron chi connectivity index (χ4n) is 2.22. The number of methoxy groups -OCH3 is 1. The molecule has 0 atom stereocenters.